The second kappa shape index (κ2) is 9.19. The molecule has 0 aliphatic rings. The highest BCUT2D eigenvalue weighted by atomic mass is 32.2. The van der Waals surface area contributed by atoms with Crippen molar-refractivity contribution in [2.45, 2.75) is 11.4 Å². The number of nitrogens with zero attached hydrogens (tertiary/aromatic N) is 1. The van der Waals surface area contributed by atoms with E-state index in [-0.39, 0.29) is 23.2 Å². The standard InChI is InChI=1S/C28H21FN2O3S/c29-23-14-10-20(11-15-23)18-30-28(32)22-12-16-24(17-13-22)35(33,34)31-19-26(21-6-2-1-3-7-21)25-8-4-5-9-27(25)31/h1-17,19H,18H2,(H,30,32). The molecule has 0 saturated heterocycles. The van der Waals surface area contributed by atoms with E-state index in [0.717, 1.165) is 22.1 Å². The highest BCUT2D eigenvalue weighted by Crippen LogP contribution is 2.32. The highest BCUT2D eigenvalue weighted by molar-refractivity contribution is 7.90. The quantitative estimate of drug-likeness (QED) is 0.340. The molecule has 1 N–H and O–H groups in total. The van der Waals surface area contributed by atoms with Gasteiger partial charge in [-0.1, -0.05) is 60.7 Å². The fraction of sp³-hybridized carbons (Fsp3) is 0.0357. The Morgan fingerprint density at radius 2 is 1.46 bits per heavy atom. The number of carbonyl (C=O) groups excluding carboxylic acids is 1. The lowest BCUT2D eigenvalue weighted by Gasteiger charge is -2.09. The summed E-state index contributed by atoms with van der Waals surface area (Å²) >= 11 is 0. The minimum Gasteiger partial charge on any atom is -0.348 e. The summed E-state index contributed by atoms with van der Waals surface area (Å²) in [6.07, 6.45) is 1.64. The van der Waals surface area contributed by atoms with Gasteiger partial charge in [0, 0.05) is 29.3 Å². The summed E-state index contributed by atoms with van der Waals surface area (Å²) in [7, 11) is -3.91. The topological polar surface area (TPSA) is 68.2 Å². The normalized spacial score (nSPS) is 11.5. The van der Waals surface area contributed by atoms with Crippen LogP contribution in [-0.4, -0.2) is 18.3 Å². The maximum absolute atomic E-state index is 13.5. The summed E-state index contributed by atoms with van der Waals surface area (Å²) < 4.78 is 41.4. The lowest BCUT2D eigenvalue weighted by Crippen LogP contribution is -2.22. The van der Waals surface area contributed by atoms with Gasteiger partial charge in [0.1, 0.15) is 5.82 Å². The Kier molecular flexibility index (Phi) is 5.93. The van der Waals surface area contributed by atoms with Crippen LogP contribution in [0.4, 0.5) is 4.39 Å². The van der Waals surface area contributed by atoms with Gasteiger partial charge in [0.25, 0.3) is 15.9 Å². The summed E-state index contributed by atoms with van der Waals surface area (Å²) in [4.78, 5) is 12.6. The largest absolute Gasteiger partial charge is 0.348 e. The minimum absolute atomic E-state index is 0.0768. The third-order valence-corrected chi connectivity index (χ3v) is 7.49. The summed E-state index contributed by atoms with van der Waals surface area (Å²) in [6.45, 7) is 0.233. The predicted octanol–water partition coefficient (Wildman–Crippen LogP) is 5.61. The molecule has 0 bridgehead atoms. The molecular formula is C28H21FN2O3S. The first-order valence-corrected chi connectivity index (χ1v) is 12.4. The van der Waals surface area contributed by atoms with Gasteiger partial charge in [0.15, 0.2) is 0 Å². The molecule has 1 heterocycles. The first-order chi connectivity index (χ1) is 16.9. The molecule has 5 nitrogen and oxygen atoms in total. The maximum Gasteiger partial charge on any atom is 0.268 e. The van der Waals surface area contributed by atoms with Crippen molar-refractivity contribution >= 4 is 26.8 Å². The molecule has 0 fully saturated rings. The molecule has 1 amide bonds. The van der Waals surface area contributed by atoms with Crippen molar-refractivity contribution in [3.63, 3.8) is 0 Å². The molecule has 0 unspecified atom stereocenters. The number of rotatable bonds is 6. The van der Waals surface area contributed by atoms with Gasteiger partial charge in [-0.2, -0.15) is 0 Å². The second-order valence-electron chi connectivity index (χ2n) is 8.06. The number of aromatic nitrogens is 1. The van der Waals surface area contributed by atoms with Crippen LogP contribution in [-0.2, 0) is 16.6 Å². The SMILES string of the molecule is O=C(NCc1ccc(F)cc1)c1ccc(S(=O)(=O)n2cc(-c3ccccc3)c3ccccc32)cc1. The highest BCUT2D eigenvalue weighted by Gasteiger charge is 2.22. The van der Waals surface area contributed by atoms with E-state index in [1.54, 1.807) is 30.5 Å². The van der Waals surface area contributed by atoms with Gasteiger partial charge in [-0.25, -0.2) is 16.8 Å². The molecule has 0 aliphatic heterocycles. The van der Waals surface area contributed by atoms with Crippen LogP contribution in [0.25, 0.3) is 22.0 Å². The minimum atomic E-state index is -3.91. The average molecular weight is 485 g/mol. The average Bonchev–Trinajstić information content (AvgIpc) is 3.29. The number of amides is 1. The molecular weight excluding hydrogens is 463 g/mol. The lowest BCUT2D eigenvalue weighted by atomic mass is 10.1. The van der Waals surface area contributed by atoms with Crippen LogP contribution < -0.4 is 5.32 Å². The molecule has 5 aromatic rings. The van der Waals surface area contributed by atoms with Gasteiger partial charge < -0.3 is 5.32 Å². The number of para-hydroxylation sites is 1. The van der Waals surface area contributed by atoms with E-state index in [1.165, 1.54) is 40.4 Å². The van der Waals surface area contributed by atoms with Crippen LogP contribution in [0, 0.1) is 5.82 Å². The molecule has 0 saturated carbocycles. The zero-order chi connectivity index (χ0) is 24.4. The molecule has 1 aromatic heterocycles. The molecule has 0 spiro atoms. The predicted molar refractivity (Wildman–Crippen MR) is 134 cm³/mol. The summed E-state index contributed by atoms with van der Waals surface area (Å²) in [5.74, 6) is -0.695. The van der Waals surface area contributed by atoms with Gasteiger partial charge in [-0.05, 0) is 53.6 Å². The van der Waals surface area contributed by atoms with Crippen LogP contribution in [0.1, 0.15) is 15.9 Å². The van der Waals surface area contributed by atoms with Crippen molar-refractivity contribution in [1.29, 1.82) is 0 Å². The Labute approximate surface area is 202 Å². The summed E-state index contributed by atoms with van der Waals surface area (Å²) in [5.41, 5.74) is 3.40. The van der Waals surface area contributed by atoms with Crippen molar-refractivity contribution < 1.29 is 17.6 Å². The van der Waals surface area contributed by atoms with Crippen molar-refractivity contribution in [1.82, 2.24) is 9.29 Å². The number of hydrogen-bond donors (Lipinski definition) is 1. The van der Waals surface area contributed by atoms with Crippen LogP contribution >= 0.6 is 0 Å². The maximum atomic E-state index is 13.5. The summed E-state index contributed by atoms with van der Waals surface area (Å²) in [5, 5.41) is 3.59. The van der Waals surface area contributed by atoms with Gasteiger partial charge in [-0.15, -0.1) is 0 Å². The molecule has 5 rings (SSSR count). The van der Waals surface area contributed by atoms with E-state index in [9.17, 15) is 17.6 Å². The second-order valence-corrected chi connectivity index (χ2v) is 9.88. The van der Waals surface area contributed by atoms with Crippen LogP contribution in [0.3, 0.4) is 0 Å². The van der Waals surface area contributed by atoms with Crippen LogP contribution in [0.2, 0.25) is 0 Å². The Morgan fingerprint density at radius 1 is 0.800 bits per heavy atom. The van der Waals surface area contributed by atoms with Crippen LogP contribution in [0.5, 0.6) is 0 Å². The van der Waals surface area contributed by atoms with Gasteiger partial charge in [-0.3, -0.25) is 4.79 Å². The fourth-order valence-corrected chi connectivity index (χ4v) is 5.34. The number of nitrogens with one attached hydrogen (secondary N) is 1. The van der Waals surface area contributed by atoms with Gasteiger partial charge in [0.05, 0.1) is 10.4 Å². The Bertz CT molecular complexity index is 1610. The van der Waals surface area contributed by atoms with E-state index < -0.39 is 10.0 Å². The van der Waals surface area contributed by atoms with E-state index in [2.05, 4.69) is 5.32 Å². The number of halogens is 1. The monoisotopic (exact) mass is 484 g/mol. The molecule has 0 radical (unpaired) electrons. The third kappa shape index (κ3) is 4.46. The molecule has 0 atom stereocenters. The zero-order valence-electron chi connectivity index (χ0n) is 18.6. The summed E-state index contributed by atoms with van der Waals surface area (Å²) in [6, 6.07) is 28.7. The number of carbonyl (C=O) groups is 1. The van der Waals surface area contributed by atoms with Crippen molar-refractivity contribution in [2.75, 3.05) is 0 Å². The van der Waals surface area contributed by atoms with Gasteiger partial charge in [0.2, 0.25) is 0 Å². The van der Waals surface area contributed by atoms with Gasteiger partial charge >= 0.3 is 0 Å². The Morgan fingerprint density at radius 3 is 2.17 bits per heavy atom. The molecule has 7 heteroatoms. The van der Waals surface area contributed by atoms with Crippen LogP contribution in [0.15, 0.2) is 114 Å². The van der Waals surface area contributed by atoms with Crippen molar-refractivity contribution in [3.8, 4) is 11.1 Å². The molecule has 4 aromatic carbocycles. The molecule has 35 heavy (non-hydrogen) atoms. The van der Waals surface area contributed by atoms with E-state index in [4.69, 9.17) is 0 Å². The number of benzene rings is 4. The van der Waals surface area contributed by atoms with E-state index in [1.807, 2.05) is 42.5 Å². The first kappa shape index (κ1) is 22.6. The lowest BCUT2D eigenvalue weighted by molar-refractivity contribution is 0.0951. The number of hydrogen-bond acceptors (Lipinski definition) is 3. The fourth-order valence-electron chi connectivity index (χ4n) is 3.98. The van der Waals surface area contributed by atoms with E-state index in [0.29, 0.717) is 11.1 Å². The van der Waals surface area contributed by atoms with Crippen molar-refractivity contribution in [3.05, 3.63) is 126 Å². The molecule has 0 aliphatic carbocycles. The molecule has 174 valence electrons. The Hall–Kier alpha value is -4.23. The number of fused-ring (bicyclic) bond motifs is 1. The first-order valence-electron chi connectivity index (χ1n) is 11.0. The smallest absolute Gasteiger partial charge is 0.268 e. The zero-order valence-corrected chi connectivity index (χ0v) is 19.4. The Balaban J connectivity index is 1.42. The third-order valence-electron chi connectivity index (χ3n) is 5.80. The van der Waals surface area contributed by atoms with E-state index >= 15 is 0 Å². The van der Waals surface area contributed by atoms with Crippen molar-refractivity contribution in [2.24, 2.45) is 0 Å².